The Balaban J connectivity index is 1.48. The molecule has 1 aromatic carbocycles. The fourth-order valence-corrected chi connectivity index (χ4v) is 5.90. The predicted octanol–water partition coefficient (Wildman–Crippen LogP) is 3.12. The molecule has 4 heterocycles. The average Bonchev–Trinajstić information content (AvgIpc) is 3.33. The van der Waals surface area contributed by atoms with E-state index in [0.29, 0.717) is 17.1 Å². The first kappa shape index (κ1) is 29.5. The molecule has 4 unspecified atom stereocenters. The van der Waals surface area contributed by atoms with E-state index < -0.39 is 26.3 Å². The number of aliphatic hydroxyl groups is 1. The molecule has 41 heavy (non-hydrogen) atoms. The molecule has 4 atom stereocenters. The lowest BCUT2D eigenvalue weighted by Gasteiger charge is -2.74. The maximum atomic E-state index is 11.5. The number of nitrogens with zero attached hydrogens (tertiary/aromatic N) is 5. The van der Waals surface area contributed by atoms with E-state index in [1.54, 1.807) is 37.8 Å². The highest BCUT2D eigenvalue weighted by Gasteiger charge is 2.68. The van der Waals surface area contributed by atoms with Gasteiger partial charge in [0.2, 0.25) is 0 Å². The largest absolute Gasteiger partial charge is 0.390 e. The minimum atomic E-state index is -1.93. The van der Waals surface area contributed by atoms with Crippen LogP contribution in [-0.2, 0) is 7.05 Å². The van der Waals surface area contributed by atoms with Gasteiger partial charge in [0.1, 0.15) is 27.3 Å². The quantitative estimate of drug-likeness (QED) is 0.262. The van der Waals surface area contributed by atoms with Gasteiger partial charge in [-0.2, -0.15) is 12.6 Å². The van der Waals surface area contributed by atoms with Crippen LogP contribution < -0.4 is 10.2 Å². The van der Waals surface area contributed by atoms with Crippen LogP contribution in [0.15, 0.2) is 67.9 Å². The van der Waals surface area contributed by atoms with Crippen molar-refractivity contribution < 1.29 is 5.11 Å². The number of fused-ring (bicyclic) bond motifs is 1. The minimum Gasteiger partial charge on any atom is -0.390 e. The van der Waals surface area contributed by atoms with Crippen LogP contribution in [0.2, 0.25) is 10.5 Å². The molecule has 3 aromatic heterocycles. The van der Waals surface area contributed by atoms with Crippen molar-refractivity contribution in [3.63, 3.8) is 0 Å². The third-order valence-electron chi connectivity index (χ3n) is 8.66. The van der Waals surface area contributed by atoms with Gasteiger partial charge in [-0.1, -0.05) is 36.2 Å². The molecule has 1 saturated heterocycles. The number of benzene rings is 1. The number of imidazole rings is 1. The summed E-state index contributed by atoms with van der Waals surface area (Å²) in [6, 6.07) is 11.6. The van der Waals surface area contributed by atoms with E-state index in [1.807, 2.05) is 36.0 Å². The van der Waals surface area contributed by atoms with Crippen molar-refractivity contribution >= 4 is 80.0 Å². The Hall–Kier alpha value is -3.04. The topological polar surface area (TPSA) is 79.1 Å². The summed E-state index contributed by atoms with van der Waals surface area (Å²) in [6.07, 6.45) is 6.96. The van der Waals surface area contributed by atoms with Crippen molar-refractivity contribution in [2.24, 2.45) is 7.05 Å². The summed E-state index contributed by atoms with van der Waals surface area (Å²) in [4.78, 5) is 14.7. The lowest BCUT2D eigenvalue weighted by Crippen LogP contribution is -2.81. The Morgan fingerprint density at radius 2 is 1.68 bits per heavy atom. The van der Waals surface area contributed by atoms with Crippen LogP contribution in [0.3, 0.4) is 0 Å². The third-order valence-corrected chi connectivity index (χ3v) is 9.32. The van der Waals surface area contributed by atoms with E-state index in [4.69, 9.17) is 39.2 Å². The van der Waals surface area contributed by atoms with E-state index in [1.165, 1.54) is 18.7 Å². The number of anilines is 2. The molecule has 1 aliphatic heterocycles. The second kappa shape index (κ2) is 9.49. The molecule has 7 nitrogen and oxygen atoms in total. The molecule has 0 bridgehead atoms. The summed E-state index contributed by atoms with van der Waals surface area (Å²) in [5, 5.41) is 13.2. The first-order chi connectivity index (χ1) is 18.9. The highest BCUT2D eigenvalue weighted by Crippen LogP contribution is 2.67. The number of aromatic nitrogens is 4. The van der Waals surface area contributed by atoms with Gasteiger partial charge in [-0.05, 0) is 43.5 Å². The normalized spacial score (nSPS) is 29.4. The van der Waals surface area contributed by atoms with Crippen LogP contribution in [0.4, 0.5) is 11.6 Å². The van der Waals surface area contributed by atoms with Gasteiger partial charge in [-0.25, -0.2) is 15.0 Å². The molecule has 1 aliphatic rings. The van der Waals surface area contributed by atoms with Crippen LogP contribution >= 0.6 is 12.6 Å². The summed E-state index contributed by atoms with van der Waals surface area (Å²) >= 11 is 4.68. The van der Waals surface area contributed by atoms with Gasteiger partial charge in [-0.15, -0.1) is 0 Å². The van der Waals surface area contributed by atoms with Crippen molar-refractivity contribution in [1.29, 1.82) is 0 Å². The molecule has 10 radical (unpaired) electrons. The molecular weight excluding hydrogens is 522 g/mol. The van der Waals surface area contributed by atoms with Gasteiger partial charge in [0.05, 0.1) is 47.4 Å². The fourth-order valence-electron chi connectivity index (χ4n) is 5.40. The second-order valence-corrected chi connectivity index (χ2v) is 12.1. The molecule has 2 N–H and O–H groups in total. The van der Waals surface area contributed by atoms with E-state index in [0.717, 1.165) is 22.0 Å². The van der Waals surface area contributed by atoms with Gasteiger partial charge in [-0.3, -0.25) is 0 Å². The molecular formula is C28H27B5N6OS. The number of pyridine rings is 2. The van der Waals surface area contributed by atoms with Crippen LogP contribution in [0, 0.1) is 0 Å². The van der Waals surface area contributed by atoms with Crippen molar-refractivity contribution in [2.75, 3.05) is 10.2 Å². The number of hydrogen-bond acceptors (Lipinski definition) is 7. The van der Waals surface area contributed by atoms with Gasteiger partial charge in [0.25, 0.3) is 0 Å². The Morgan fingerprint density at radius 1 is 0.976 bits per heavy atom. The number of piperidine rings is 1. The Kier molecular flexibility index (Phi) is 6.82. The molecule has 1 fully saturated rings. The monoisotopic (exact) mass is 550 g/mol. The zero-order valence-electron chi connectivity index (χ0n) is 23.5. The Morgan fingerprint density at radius 3 is 2.34 bits per heavy atom. The lowest BCUT2D eigenvalue weighted by atomic mass is 9.23. The zero-order valence-corrected chi connectivity index (χ0v) is 24.4. The van der Waals surface area contributed by atoms with Crippen molar-refractivity contribution in [3.8, 4) is 11.3 Å². The first-order valence-electron chi connectivity index (χ1n) is 12.9. The molecule has 0 aliphatic carbocycles. The van der Waals surface area contributed by atoms with Crippen molar-refractivity contribution in [1.82, 2.24) is 19.5 Å². The lowest BCUT2D eigenvalue weighted by molar-refractivity contribution is -0.0369. The number of thiol groups is 1. The van der Waals surface area contributed by atoms with Crippen molar-refractivity contribution in [2.45, 2.75) is 47.1 Å². The second-order valence-electron chi connectivity index (χ2n) is 11.4. The molecule has 0 spiro atoms. The van der Waals surface area contributed by atoms with Gasteiger partial charge in [0, 0.05) is 51.9 Å². The summed E-state index contributed by atoms with van der Waals surface area (Å²) in [7, 11) is 34.7. The number of aryl methyl sites for hydroxylation is 1. The fraction of sp³-hybridized carbons (Fsp3) is 0.321. The SMILES string of the molecule is [B]C1(C)N(c2cc(C(=C)Nc3cc4cc(-c5cncn5C)ccc4cn3)ccn2)C([B])(S)C([B])(C)C([B])([B])C1(C)O. The van der Waals surface area contributed by atoms with E-state index in [-0.39, 0.29) is 5.82 Å². The number of rotatable bonds is 5. The van der Waals surface area contributed by atoms with Gasteiger partial charge < -0.3 is 19.9 Å². The van der Waals surface area contributed by atoms with Gasteiger partial charge in [0.15, 0.2) is 0 Å². The van der Waals surface area contributed by atoms with E-state index in [9.17, 15) is 5.11 Å². The highest BCUT2D eigenvalue weighted by atomic mass is 32.1. The predicted molar refractivity (Wildman–Crippen MR) is 174 cm³/mol. The molecule has 4 aromatic rings. The highest BCUT2D eigenvalue weighted by molar-refractivity contribution is 7.83. The molecule has 0 amide bonds. The van der Waals surface area contributed by atoms with Crippen molar-refractivity contribution in [3.05, 3.63) is 73.5 Å². The standard InChI is InChI=1S/C28H27B5N6OS/c1-16(37-22-11-20-10-18(6-7-19(20)13-36-22)21-14-34-15-38(21)5)17-8-9-35-23(12-17)39-26(4,30)25(3,40)27(31,32)24(2,29)28(39,33)41/h6-15,40-41H,1H2,2-5H3,(H,36,37). The third kappa shape index (κ3) is 4.26. The van der Waals surface area contributed by atoms with E-state index in [2.05, 4.69) is 45.5 Å². The smallest absolute Gasteiger partial charge is 0.130 e. The van der Waals surface area contributed by atoms with Crippen LogP contribution in [0.1, 0.15) is 26.3 Å². The minimum absolute atomic E-state index is 0.285. The first-order valence-corrected chi connectivity index (χ1v) is 13.4. The van der Waals surface area contributed by atoms with E-state index >= 15 is 0 Å². The summed E-state index contributed by atoms with van der Waals surface area (Å²) in [5.41, 5.74) is -0.321. The molecule has 196 valence electrons. The zero-order chi connectivity index (χ0) is 30.2. The maximum absolute atomic E-state index is 11.5. The Bertz CT molecular complexity index is 1640. The number of hydrogen-bond donors (Lipinski definition) is 3. The maximum Gasteiger partial charge on any atom is 0.130 e. The number of nitrogens with one attached hydrogen (secondary N) is 1. The van der Waals surface area contributed by atoms with Crippen LogP contribution in [0.25, 0.3) is 27.7 Å². The van der Waals surface area contributed by atoms with Crippen LogP contribution in [-0.4, -0.2) is 79.7 Å². The van der Waals surface area contributed by atoms with Crippen LogP contribution in [0.5, 0.6) is 0 Å². The van der Waals surface area contributed by atoms with Gasteiger partial charge >= 0.3 is 0 Å². The Labute approximate surface area is 253 Å². The summed E-state index contributed by atoms with van der Waals surface area (Å²) in [5.74, 6) is 0.883. The summed E-state index contributed by atoms with van der Waals surface area (Å²) in [6.45, 7) is 8.70. The summed E-state index contributed by atoms with van der Waals surface area (Å²) < 4.78 is 0.238. The average molecular weight is 550 g/mol. The molecule has 5 rings (SSSR count). The molecule has 0 saturated carbocycles. The molecule has 13 heteroatoms.